The molecule has 0 spiro atoms. The molecule has 4 nitrogen and oxygen atoms in total. The molecule has 0 bridgehead atoms. The summed E-state index contributed by atoms with van der Waals surface area (Å²) in [5.41, 5.74) is 0. The maximum Gasteiger partial charge on any atom is 0.331 e. The van der Waals surface area contributed by atoms with Gasteiger partial charge in [-0.2, -0.15) is 0 Å². The molecule has 0 aliphatic carbocycles. The smallest absolute Gasteiger partial charge is 0.331 e. The Kier molecular flexibility index (Phi) is 36.4. The van der Waals surface area contributed by atoms with Crippen LogP contribution < -0.4 is 0 Å². The maximum absolute atomic E-state index is 12.2. The minimum atomic E-state index is -0.451. The van der Waals surface area contributed by atoms with Gasteiger partial charge in [-0.3, -0.25) is 0 Å². The van der Waals surface area contributed by atoms with Crippen LogP contribution >= 0.6 is 0 Å². The Morgan fingerprint density at radius 3 is 0.860 bits per heavy atom. The molecule has 0 amide bonds. The zero-order valence-electron chi connectivity index (χ0n) is 34.7. The first kappa shape index (κ1) is 48.7. The van der Waals surface area contributed by atoms with Gasteiger partial charge in [-0.25, -0.2) is 9.59 Å². The second kappa shape index (κ2) is 37.4. The average Bonchev–Trinajstić information content (AvgIpc) is 3.09. The van der Waals surface area contributed by atoms with Gasteiger partial charge in [0.25, 0.3) is 0 Å². The Labute approximate surface area is 313 Å². The normalized spacial score (nSPS) is 13.0. The van der Waals surface area contributed by atoms with Crippen molar-refractivity contribution < 1.29 is 19.1 Å². The van der Waals surface area contributed by atoms with Crippen LogP contribution in [0.4, 0.5) is 0 Å². The molecule has 0 aliphatic rings. The lowest BCUT2D eigenvalue weighted by molar-refractivity contribution is -0.141. The monoisotopic (exact) mass is 705 g/mol. The number of ether oxygens (including phenoxy) is 2. The summed E-state index contributed by atoms with van der Waals surface area (Å²) in [6.07, 6.45) is 42.4. The van der Waals surface area contributed by atoms with Crippen LogP contribution in [-0.4, -0.2) is 25.2 Å². The number of hydrogen-bond donors (Lipinski definition) is 0. The van der Waals surface area contributed by atoms with E-state index in [9.17, 15) is 9.59 Å². The Bertz CT molecular complexity index is 695. The van der Waals surface area contributed by atoms with Crippen molar-refractivity contribution in [3.05, 3.63) is 12.2 Å². The first-order chi connectivity index (χ1) is 24.3. The van der Waals surface area contributed by atoms with E-state index in [4.69, 9.17) is 9.47 Å². The third-order valence-electron chi connectivity index (χ3n) is 11.1. The molecule has 0 rings (SSSR count). The molecule has 0 heterocycles. The molecule has 4 heteroatoms. The highest BCUT2D eigenvalue weighted by molar-refractivity contribution is 5.91. The van der Waals surface area contributed by atoms with Gasteiger partial charge < -0.3 is 9.47 Å². The van der Waals surface area contributed by atoms with E-state index in [1.54, 1.807) is 0 Å². The fourth-order valence-electron chi connectivity index (χ4n) is 7.32. The van der Waals surface area contributed by atoms with Crippen LogP contribution in [0.5, 0.6) is 0 Å². The Hall–Kier alpha value is -1.32. The molecule has 2 unspecified atom stereocenters. The van der Waals surface area contributed by atoms with Gasteiger partial charge in [0.15, 0.2) is 0 Å². The van der Waals surface area contributed by atoms with Crippen molar-refractivity contribution in [1.29, 1.82) is 0 Å². The van der Waals surface area contributed by atoms with Gasteiger partial charge in [0.2, 0.25) is 0 Å². The van der Waals surface area contributed by atoms with Gasteiger partial charge in [0.1, 0.15) is 0 Å². The van der Waals surface area contributed by atoms with E-state index in [1.807, 2.05) is 0 Å². The molecule has 0 N–H and O–H groups in total. The quantitative estimate of drug-likeness (QED) is 0.0365. The van der Waals surface area contributed by atoms with Crippen molar-refractivity contribution in [3.8, 4) is 0 Å². The summed E-state index contributed by atoms with van der Waals surface area (Å²) in [7, 11) is 0. The summed E-state index contributed by atoms with van der Waals surface area (Å²) in [6.45, 7) is 14.5. The van der Waals surface area contributed by atoms with E-state index < -0.39 is 11.9 Å². The molecule has 50 heavy (non-hydrogen) atoms. The highest BCUT2D eigenvalue weighted by Gasteiger charge is 2.15. The van der Waals surface area contributed by atoms with Crippen LogP contribution in [0.3, 0.4) is 0 Å². The van der Waals surface area contributed by atoms with Gasteiger partial charge in [-0.1, -0.05) is 221 Å². The maximum atomic E-state index is 12.2. The molecule has 0 radical (unpaired) electrons. The summed E-state index contributed by atoms with van der Waals surface area (Å²) in [5.74, 6) is 1.39. The minimum absolute atomic E-state index is 0.411. The molecule has 0 aliphatic heterocycles. The average molecular weight is 705 g/mol. The lowest BCUT2D eigenvalue weighted by Gasteiger charge is -2.20. The van der Waals surface area contributed by atoms with Crippen LogP contribution in [0.25, 0.3) is 0 Å². The number of carbonyl (C=O) groups is 2. The van der Waals surface area contributed by atoms with Crippen LogP contribution in [0, 0.1) is 23.7 Å². The van der Waals surface area contributed by atoms with Gasteiger partial charge in [-0.15, -0.1) is 0 Å². The topological polar surface area (TPSA) is 52.6 Å². The van der Waals surface area contributed by atoms with E-state index in [-0.39, 0.29) is 0 Å². The largest absolute Gasteiger partial charge is 0.463 e. The van der Waals surface area contributed by atoms with Crippen molar-refractivity contribution in [2.75, 3.05) is 13.2 Å². The number of esters is 2. The van der Waals surface area contributed by atoms with Crippen LogP contribution in [0.1, 0.15) is 234 Å². The summed E-state index contributed by atoms with van der Waals surface area (Å²) in [5, 5.41) is 0. The van der Waals surface area contributed by atoms with Crippen molar-refractivity contribution in [1.82, 2.24) is 0 Å². The molecule has 0 aromatic heterocycles. The summed E-state index contributed by atoms with van der Waals surface area (Å²) < 4.78 is 10.9. The second-order valence-corrected chi connectivity index (χ2v) is 16.3. The predicted octanol–water partition coefficient (Wildman–Crippen LogP) is 14.9. The zero-order chi connectivity index (χ0) is 36.9. The minimum Gasteiger partial charge on any atom is -0.463 e. The van der Waals surface area contributed by atoms with Crippen molar-refractivity contribution in [2.45, 2.75) is 234 Å². The number of carbonyl (C=O) groups excluding carboxylic acids is 2. The van der Waals surface area contributed by atoms with Crippen LogP contribution in [-0.2, 0) is 19.1 Å². The first-order valence-electron chi connectivity index (χ1n) is 22.3. The van der Waals surface area contributed by atoms with Crippen LogP contribution in [0.15, 0.2) is 12.2 Å². The van der Waals surface area contributed by atoms with Crippen LogP contribution in [0.2, 0.25) is 0 Å². The molecular formula is C46H88O4. The molecule has 0 aromatic rings. The molecule has 2 atom stereocenters. The third kappa shape index (κ3) is 33.8. The van der Waals surface area contributed by atoms with E-state index in [1.165, 1.54) is 192 Å². The number of unbranched alkanes of at least 4 members (excludes halogenated alkanes) is 24. The van der Waals surface area contributed by atoms with Crippen molar-refractivity contribution in [2.24, 2.45) is 23.7 Å². The SMILES string of the molecule is CCCCCCCCCCCCCCCC(CCOC(=O)/C=C\C(=O)OCCC(CCCCCCCCCCCCCCC)C(C)C)C(C)C. The molecule has 0 fully saturated rings. The Morgan fingerprint density at radius 1 is 0.380 bits per heavy atom. The molecule has 0 aromatic carbocycles. The highest BCUT2D eigenvalue weighted by atomic mass is 16.5. The van der Waals surface area contributed by atoms with E-state index in [0.717, 1.165) is 12.8 Å². The molecular weight excluding hydrogens is 617 g/mol. The van der Waals surface area contributed by atoms with E-state index >= 15 is 0 Å². The third-order valence-corrected chi connectivity index (χ3v) is 11.1. The van der Waals surface area contributed by atoms with Crippen molar-refractivity contribution in [3.63, 3.8) is 0 Å². The fraction of sp³-hybridized carbons (Fsp3) is 0.913. The predicted molar refractivity (Wildman–Crippen MR) is 218 cm³/mol. The Morgan fingerprint density at radius 2 is 0.620 bits per heavy atom. The standard InChI is InChI=1S/C46H88O4/c1-7-9-11-13-15-17-19-21-23-25-27-29-31-33-43(41(3)4)37-39-49-45(47)35-36-46(48)50-40-38-44(42(5)6)34-32-30-28-26-24-22-20-18-16-14-12-10-8-2/h35-36,41-44H,7-34,37-40H2,1-6H3/b36-35-. The van der Waals surface area contributed by atoms with Gasteiger partial charge >= 0.3 is 11.9 Å². The Balaban J connectivity index is 3.92. The summed E-state index contributed by atoms with van der Waals surface area (Å²) >= 11 is 0. The fourth-order valence-corrected chi connectivity index (χ4v) is 7.32. The molecule has 0 saturated heterocycles. The van der Waals surface area contributed by atoms with Gasteiger partial charge in [-0.05, 0) is 36.5 Å². The number of hydrogen-bond acceptors (Lipinski definition) is 4. The van der Waals surface area contributed by atoms with Crippen molar-refractivity contribution >= 4 is 11.9 Å². The molecule has 0 saturated carbocycles. The van der Waals surface area contributed by atoms with Gasteiger partial charge in [0.05, 0.1) is 13.2 Å². The zero-order valence-corrected chi connectivity index (χ0v) is 34.7. The van der Waals surface area contributed by atoms with E-state index in [0.29, 0.717) is 36.9 Å². The second-order valence-electron chi connectivity index (χ2n) is 16.3. The first-order valence-corrected chi connectivity index (χ1v) is 22.3. The lowest BCUT2D eigenvalue weighted by atomic mass is 9.87. The number of rotatable bonds is 38. The van der Waals surface area contributed by atoms with Gasteiger partial charge in [0, 0.05) is 12.2 Å². The summed E-state index contributed by atoms with van der Waals surface area (Å²) in [6, 6.07) is 0. The lowest BCUT2D eigenvalue weighted by Crippen LogP contribution is -2.14. The summed E-state index contributed by atoms with van der Waals surface area (Å²) in [4.78, 5) is 24.5. The molecule has 296 valence electrons. The highest BCUT2D eigenvalue weighted by Crippen LogP contribution is 2.24. The van der Waals surface area contributed by atoms with E-state index in [2.05, 4.69) is 41.5 Å².